The Kier molecular flexibility index (Phi) is 5.04. The van der Waals surface area contributed by atoms with Crippen molar-refractivity contribution < 1.29 is 0 Å². The topological polar surface area (TPSA) is 63.8 Å². The zero-order valence-corrected chi connectivity index (χ0v) is 9.58. The average molecular weight is 208 g/mol. The van der Waals surface area contributed by atoms with Crippen molar-refractivity contribution in [1.29, 1.82) is 0 Å². The molecule has 0 atom stereocenters. The van der Waals surface area contributed by atoms with Crippen molar-refractivity contribution in [3.63, 3.8) is 0 Å². The third-order valence-corrected chi connectivity index (χ3v) is 2.23. The third kappa shape index (κ3) is 3.83. The third-order valence-electron chi connectivity index (χ3n) is 2.23. The van der Waals surface area contributed by atoms with Crippen LogP contribution in [0.4, 0.5) is 5.82 Å². The van der Waals surface area contributed by atoms with E-state index in [-0.39, 0.29) is 0 Å². The molecule has 0 saturated carbocycles. The number of unbranched alkanes of at least 4 members (excludes halogenated alkanes) is 1. The van der Waals surface area contributed by atoms with E-state index in [1.807, 2.05) is 6.07 Å². The van der Waals surface area contributed by atoms with Gasteiger partial charge >= 0.3 is 0 Å². The van der Waals surface area contributed by atoms with Crippen molar-refractivity contribution in [2.45, 2.75) is 46.0 Å². The molecule has 3 N–H and O–H groups in total. The summed E-state index contributed by atoms with van der Waals surface area (Å²) in [5, 5.41) is 0. The summed E-state index contributed by atoms with van der Waals surface area (Å²) in [5.41, 5.74) is 3.67. The summed E-state index contributed by atoms with van der Waals surface area (Å²) in [7, 11) is 0. The number of nitrogen functional groups attached to an aromatic ring is 1. The molecule has 0 aromatic carbocycles. The standard InChI is InChI=1S/C11H20N4/c1-3-5-7-10-13-9(6-4-2)8-11(14-10)15-12/h8H,3-7,12H2,1-2H3,(H,13,14,15). The highest BCUT2D eigenvalue weighted by Crippen LogP contribution is 2.09. The number of aromatic nitrogens is 2. The minimum absolute atomic E-state index is 0.722. The Balaban J connectivity index is 2.79. The van der Waals surface area contributed by atoms with Crippen LogP contribution in [0.25, 0.3) is 0 Å². The van der Waals surface area contributed by atoms with E-state index in [1.54, 1.807) is 0 Å². The summed E-state index contributed by atoms with van der Waals surface area (Å²) in [6, 6.07) is 1.92. The lowest BCUT2D eigenvalue weighted by atomic mass is 10.2. The molecule has 84 valence electrons. The van der Waals surface area contributed by atoms with Crippen molar-refractivity contribution in [3.05, 3.63) is 17.6 Å². The molecule has 0 amide bonds. The molecule has 1 aromatic rings. The van der Waals surface area contributed by atoms with Gasteiger partial charge in [0.25, 0.3) is 0 Å². The van der Waals surface area contributed by atoms with Crippen LogP contribution in [0.1, 0.15) is 44.6 Å². The summed E-state index contributed by atoms with van der Waals surface area (Å²) in [5.74, 6) is 6.99. The van der Waals surface area contributed by atoms with E-state index in [4.69, 9.17) is 5.84 Å². The molecular weight excluding hydrogens is 188 g/mol. The van der Waals surface area contributed by atoms with Crippen LogP contribution in [-0.4, -0.2) is 9.97 Å². The number of hydrogen-bond donors (Lipinski definition) is 2. The molecule has 0 aliphatic carbocycles. The Labute approximate surface area is 91.3 Å². The molecule has 0 aliphatic rings. The molecule has 0 aliphatic heterocycles. The van der Waals surface area contributed by atoms with E-state index in [1.165, 1.54) is 0 Å². The second-order valence-corrected chi connectivity index (χ2v) is 3.66. The number of rotatable bonds is 6. The summed E-state index contributed by atoms with van der Waals surface area (Å²) in [6.07, 6.45) is 5.29. The van der Waals surface area contributed by atoms with Gasteiger partial charge in [-0.3, -0.25) is 0 Å². The molecule has 1 heterocycles. The van der Waals surface area contributed by atoms with Crippen molar-refractivity contribution in [1.82, 2.24) is 9.97 Å². The van der Waals surface area contributed by atoms with Gasteiger partial charge in [0.2, 0.25) is 0 Å². The van der Waals surface area contributed by atoms with Gasteiger partial charge in [-0.1, -0.05) is 26.7 Å². The van der Waals surface area contributed by atoms with E-state index < -0.39 is 0 Å². The molecule has 0 radical (unpaired) electrons. The van der Waals surface area contributed by atoms with Crippen LogP contribution in [-0.2, 0) is 12.8 Å². The highest BCUT2D eigenvalue weighted by Gasteiger charge is 2.02. The van der Waals surface area contributed by atoms with Gasteiger partial charge in [0, 0.05) is 18.2 Å². The highest BCUT2D eigenvalue weighted by molar-refractivity contribution is 5.34. The minimum atomic E-state index is 0.722. The molecule has 0 fully saturated rings. The molecule has 0 bridgehead atoms. The molecular formula is C11H20N4. The molecule has 1 rings (SSSR count). The van der Waals surface area contributed by atoms with Crippen molar-refractivity contribution >= 4 is 5.82 Å². The maximum Gasteiger partial charge on any atom is 0.143 e. The van der Waals surface area contributed by atoms with Crippen LogP contribution in [0.3, 0.4) is 0 Å². The summed E-state index contributed by atoms with van der Waals surface area (Å²) in [6.45, 7) is 4.31. The fourth-order valence-corrected chi connectivity index (χ4v) is 1.46. The fourth-order valence-electron chi connectivity index (χ4n) is 1.46. The first-order valence-corrected chi connectivity index (χ1v) is 5.63. The normalized spacial score (nSPS) is 10.3. The smallest absolute Gasteiger partial charge is 0.143 e. The van der Waals surface area contributed by atoms with E-state index in [0.717, 1.165) is 49.4 Å². The Bertz CT molecular complexity index is 299. The predicted octanol–water partition coefficient (Wildman–Crippen LogP) is 2.06. The van der Waals surface area contributed by atoms with Gasteiger partial charge in [-0.15, -0.1) is 0 Å². The molecule has 4 nitrogen and oxygen atoms in total. The van der Waals surface area contributed by atoms with E-state index in [0.29, 0.717) is 0 Å². The van der Waals surface area contributed by atoms with Crippen LogP contribution in [0.15, 0.2) is 6.07 Å². The van der Waals surface area contributed by atoms with Gasteiger partial charge < -0.3 is 5.43 Å². The largest absolute Gasteiger partial charge is 0.308 e. The number of aryl methyl sites for hydroxylation is 2. The Morgan fingerprint density at radius 1 is 1.20 bits per heavy atom. The predicted molar refractivity (Wildman–Crippen MR) is 62.4 cm³/mol. The van der Waals surface area contributed by atoms with Crippen LogP contribution >= 0.6 is 0 Å². The average Bonchev–Trinajstić information content (AvgIpc) is 2.26. The number of nitrogens with two attached hydrogens (primary N) is 1. The lowest BCUT2D eigenvalue weighted by molar-refractivity contribution is 0.738. The van der Waals surface area contributed by atoms with Gasteiger partial charge in [-0.25, -0.2) is 15.8 Å². The summed E-state index contributed by atoms with van der Waals surface area (Å²) in [4.78, 5) is 8.83. The number of hydrazine groups is 1. The van der Waals surface area contributed by atoms with Gasteiger partial charge in [-0.2, -0.15) is 0 Å². The van der Waals surface area contributed by atoms with Crippen molar-refractivity contribution in [2.75, 3.05) is 5.43 Å². The van der Waals surface area contributed by atoms with Crippen LogP contribution in [0, 0.1) is 0 Å². The van der Waals surface area contributed by atoms with E-state index in [2.05, 4.69) is 29.2 Å². The second-order valence-electron chi connectivity index (χ2n) is 3.66. The first-order chi connectivity index (χ1) is 7.30. The molecule has 0 unspecified atom stereocenters. The quantitative estimate of drug-likeness (QED) is 0.555. The molecule has 1 aromatic heterocycles. The maximum absolute atomic E-state index is 5.37. The minimum Gasteiger partial charge on any atom is -0.308 e. The summed E-state index contributed by atoms with van der Waals surface area (Å²) < 4.78 is 0. The SMILES string of the molecule is CCCCc1nc(CCC)cc(NN)n1. The van der Waals surface area contributed by atoms with Gasteiger partial charge in [0.05, 0.1) is 0 Å². The summed E-state index contributed by atoms with van der Waals surface area (Å²) >= 11 is 0. The van der Waals surface area contributed by atoms with E-state index >= 15 is 0 Å². The highest BCUT2D eigenvalue weighted by atomic mass is 15.3. The fraction of sp³-hybridized carbons (Fsp3) is 0.636. The Morgan fingerprint density at radius 3 is 2.60 bits per heavy atom. The Morgan fingerprint density at radius 2 is 2.00 bits per heavy atom. The number of nitrogens with zero attached hydrogens (tertiary/aromatic N) is 2. The van der Waals surface area contributed by atoms with Crippen molar-refractivity contribution in [2.24, 2.45) is 5.84 Å². The monoisotopic (exact) mass is 208 g/mol. The van der Waals surface area contributed by atoms with E-state index in [9.17, 15) is 0 Å². The Hall–Kier alpha value is -1.16. The van der Waals surface area contributed by atoms with Gasteiger partial charge in [0.1, 0.15) is 11.6 Å². The molecule has 0 spiro atoms. The second kappa shape index (κ2) is 6.35. The zero-order valence-electron chi connectivity index (χ0n) is 9.58. The molecule has 4 heteroatoms. The number of nitrogens with one attached hydrogen (secondary N) is 1. The first-order valence-electron chi connectivity index (χ1n) is 5.63. The van der Waals surface area contributed by atoms with Crippen LogP contribution < -0.4 is 11.3 Å². The maximum atomic E-state index is 5.37. The molecule has 0 saturated heterocycles. The van der Waals surface area contributed by atoms with Crippen LogP contribution in [0.2, 0.25) is 0 Å². The molecule has 15 heavy (non-hydrogen) atoms. The first kappa shape index (κ1) is 11.9. The number of hydrogen-bond acceptors (Lipinski definition) is 4. The van der Waals surface area contributed by atoms with Crippen molar-refractivity contribution in [3.8, 4) is 0 Å². The lowest BCUT2D eigenvalue weighted by Gasteiger charge is -2.06. The van der Waals surface area contributed by atoms with Gasteiger partial charge in [-0.05, 0) is 12.8 Å². The van der Waals surface area contributed by atoms with Crippen LogP contribution in [0.5, 0.6) is 0 Å². The lowest BCUT2D eigenvalue weighted by Crippen LogP contribution is -2.11. The number of anilines is 1. The zero-order chi connectivity index (χ0) is 11.1. The van der Waals surface area contributed by atoms with Gasteiger partial charge in [0.15, 0.2) is 0 Å².